The third-order valence-electron chi connectivity index (χ3n) is 1.53. The number of hydrogen-bond donors (Lipinski definition) is 2. The highest BCUT2D eigenvalue weighted by Gasteiger charge is 2.17. The van der Waals surface area contributed by atoms with Crippen LogP contribution in [0.2, 0.25) is 0 Å². The number of pyridine rings is 1. The Bertz CT molecular complexity index is 302. The number of alkyl halides is 2. The van der Waals surface area contributed by atoms with Crippen molar-refractivity contribution in [3.8, 4) is 5.75 Å². The molecule has 0 saturated carbocycles. The molecule has 3 N–H and O–H groups in total. The summed E-state index contributed by atoms with van der Waals surface area (Å²) in [6.45, 7) is 1.58. The molecule has 0 aliphatic rings. The summed E-state index contributed by atoms with van der Waals surface area (Å²) in [5.41, 5.74) is 5.07. The summed E-state index contributed by atoms with van der Waals surface area (Å²) >= 11 is 0. The Kier molecular flexibility index (Phi) is 2.12. The van der Waals surface area contributed by atoms with Crippen LogP contribution in [0.25, 0.3) is 0 Å². The van der Waals surface area contributed by atoms with E-state index in [1.807, 2.05) is 0 Å². The van der Waals surface area contributed by atoms with Gasteiger partial charge in [-0.1, -0.05) is 0 Å². The predicted octanol–water partition coefficient (Wildman–Crippen LogP) is 1.62. The number of anilines is 1. The van der Waals surface area contributed by atoms with E-state index in [1.54, 1.807) is 6.92 Å². The van der Waals surface area contributed by atoms with Crippen LogP contribution in [-0.4, -0.2) is 10.1 Å². The molecule has 0 aliphatic heterocycles. The van der Waals surface area contributed by atoms with Crippen LogP contribution in [-0.2, 0) is 0 Å². The van der Waals surface area contributed by atoms with Gasteiger partial charge in [-0.25, -0.2) is 8.78 Å². The van der Waals surface area contributed by atoms with Crippen molar-refractivity contribution in [1.82, 2.24) is 4.98 Å². The second-order valence-electron chi connectivity index (χ2n) is 2.39. The summed E-state index contributed by atoms with van der Waals surface area (Å²) in [7, 11) is 0. The summed E-state index contributed by atoms with van der Waals surface area (Å²) in [6, 6.07) is 0. The average Bonchev–Trinajstić information content (AvgIpc) is 2.00. The second-order valence-corrected chi connectivity index (χ2v) is 2.39. The van der Waals surface area contributed by atoms with Crippen molar-refractivity contribution < 1.29 is 13.9 Å². The highest BCUT2D eigenvalue weighted by Crippen LogP contribution is 2.32. The minimum Gasteiger partial charge on any atom is -0.504 e. The number of aromatic nitrogens is 1. The zero-order valence-electron chi connectivity index (χ0n) is 6.38. The standard InChI is InChI=1S/C7H8F2N2O/c1-3-2-11-5(7(8)9)6(12)4(3)10/h2,7,12H,1H3,(H2,10,11). The van der Waals surface area contributed by atoms with Gasteiger partial charge in [0.15, 0.2) is 5.75 Å². The van der Waals surface area contributed by atoms with Gasteiger partial charge in [-0.3, -0.25) is 4.98 Å². The summed E-state index contributed by atoms with van der Waals surface area (Å²) in [5.74, 6) is -0.620. The first kappa shape index (κ1) is 8.70. The molecule has 1 aromatic rings. The van der Waals surface area contributed by atoms with Crippen LogP contribution in [0.15, 0.2) is 6.20 Å². The summed E-state index contributed by atoms with van der Waals surface area (Å²) in [5, 5.41) is 9.08. The Morgan fingerprint density at radius 1 is 1.58 bits per heavy atom. The topological polar surface area (TPSA) is 59.1 Å². The highest BCUT2D eigenvalue weighted by atomic mass is 19.3. The number of halogens is 2. The second kappa shape index (κ2) is 2.92. The molecule has 0 unspecified atom stereocenters. The third kappa shape index (κ3) is 1.30. The first-order valence-corrected chi connectivity index (χ1v) is 3.26. The van der Waals surface area contributed by atoms with E-state index in [2.05, 4.69) is 4.98 Å². The van der Waals surface area contributed by atoms with Gasteiger partial charge in [0, 0.05) is 6.20 Å². The molecule has 0 aromatic carbocycles. The van der Waals surface area contributed by atoms with Crippen molar-refractivity contribution in [3.05, 3.63) is 17.5 Å². The summed E-state index contributed by atoms with van der Waals surface area (Å²) in [6.07, 6.45) is -1.59. The molecule has 1 heterocycles. The number of rotatable bonds is 1. The van der Waals surface area contributed by atoms with E-state index in [0.717, 1.165) is 0 Å². The van der Waals surface area contributed by atoms with Gasteiger partial charge in [0.25, 0.3) is 6.43 Å². The van der Waals surface area contributed by atoms with E-state index >= 15 is 0 Å². The Morgan fingerprint density at radius 3 is 2.67 bits per heavy atom. The molecule has 0 amide bonds. The van der Waals surface area contributed by atoms with Crippen LogP contribution in [0, 0.1) is 6.92 Å². The van der Waals surface area contributed by atoms with E-state index in [4.69, 9.17) is 10.8 Å². The van der Waals surface area contributed by atoms with Gasteiger partial charge in [0.1, 0.15) is 5.69 Å². The fourth-order valence-corrected chi connectivity index (χ4v) is 0.781. The van der Waals surface area contributed by atoms with Gasteiger partial charge in [-0.05, 0) is 12.5 Å². The Morgan fingerprint density at radius 2 is 2.17 bits per heavy atom. The minimum absolute atomic E-state index is 0.0414. The lowest BCUT2D eigenvalue weighted by molar-refractivity contribution is 0.142. The number of hydrogen-bond acceptors (Lipinski definition) is 3. The normalized spacial score (nSPS) is 10.7. The van der Waals surface area contributed by atoms with E-state index in [-0.39, 0.29) is 5.69 Å². The SMILES string of the molecule is Cc1cnc(C(F)F)c(O)c1N. The third-order valence-corrected chi connectivity index (χ3v) is 1.53. The molecule has 0 fully saturated rings. The molecule has 0 radical (unpaired) electrons. The number of aryl methyl sites for hydroxylation is 1. The molecule has 0 atom stereocenters. The van der Waals surface area contributed by atoms with Gasteiger partial charge < -0.3 is 10.8 Å². The van der Waals surface area contributed by atoms with Crippen LogP contribution in [0.3, 0.4) is 0 Å². The van der Waals surface area contributed by atoms with E-state index < -0.39 is 17.9 Å². The lowest BCUT2D eigenvalue weighted by atomic mass is 10.2. The van der Waals surface area contributed by atoms with Crippen LogP contribution in [0.5, 0.6) is 5.75 Å². The molecule has 66 valence electrons. The van der Waals surface area contributed by atoms with Gasteiger partial charge in [0.05, 0.1) is 5.69 Å². The van der Waals surface area contributed by atoms with Crippen molar-refractivity contribution in [3.63, 3.8) is 0 Å². The molecule has 1 aromatic heterocycles. The van der Waals surface area contributed by atoms with E-state index in [0.29, 0.717) is 5.56 Å². The van der Waals surface area contributed by atoms with Crippen molar-refractivity contribution >= 4 is 5.69 Å². The highest BCUT2D eigenvalue weighted by molar-refractivity contribution is 5.58. The monoisotopic (exact) mass is 174 g/mol. The largest absolute Gasteiger partial charge is 0.504 e. The van der Waals surface area contributed by atoms with Crippen molar-refractivity contribution in [2.75, 3.05) is 5.73 Å². The fraction of sp³-hybridized carbons (Fsp3) is 0.286. The van der Waals surface area contributed by atoms with Crippen molar-refractivity contribution in [2.24, 2.45) is 0 Å². The van der Waals surface area contributed by atoms with E-state index in [9.17, 15) is 8.78 Å². The number of nitrogens with two attached hydrogens (primary N) is 1. The Labute approximate surface area is 67.8 Å². The maximum Gasteiger partial charge on any atom is 0.284 e. The summed E-state index contributed by atoms with van der Waals surface area (Å²) < 4.78 is 24.1. The van der Waals surface area contributed by atoms with Crippen molar-refractivity contribution in [1.29, 1.82) is 0 Å². The van der Waals surface area contributed by atoms with Crippen LogP contribution >= 0.6 is 0 Å². The number of nitrogen functional groups attached to an aromatic ring is 1. The molecule has 1 rings (SSSR count). The lowest BCUT2D eigenvalue weighted by Gasteiger charge is -2.06. The Hall–Kier alpha value is -1.39. The summed E-state index contributed by atoms with van der Waals surface area (Å²) in [4.78, 5) is 3.36. The zero-order chi connectivity index (χ0) is 9.30. The number of aromatic hydroxyl groups is 1. The fourth-order valence-electron chi connectivity index (χ4n) is 0.781. The molecule has 0 spiro atoms. The van der Waals surface area contributed by atoms with Gasteiger partial charge in [-0.2, -0.15) is 0 Å². The molecule has 3 nitrogen and oxygen atoms in total. The molecular weight excluding hydrogens is 166 g/mol. The van der Waals surface area contributed by atoms with Crippen LogP contribution < -0.4 is 5.73 Å². The minimum atomic E-state index is -2.80. The molecule has 5 heteroatoms. The molecule has 0 saturated heterocycles. The van der Waals surface area contributed by atoms with Gasteiger partial charge in [0.2, 0.25) is 0 Å². The van der Waals surface area contributed by atoms with Crippen LogP contribution in [0.1, 0.15) is 17.7 Å². The quantitative estimate of drug-likeness (QED) is 0.680. The average molecular weight is 174 g/mol. The van der Waals surface area contributed by atoms with E-state index in [1.165, 1.54) is 6.20 Å². The number of nitrogens with zero attached hydrogens (tertiary/aromatic N) is 1. The molecule has 12 heavy (non-hydrogen) atoms. The zero-order valence-corrected chi connectivity index (χ0v) is 6.38. The lowest BCUT2D eigenvalue weighted by Crippen LogP contribution is -1.97. The smallest absolute Gasteiger partial charge is 0.284 e. The molecule has 0 aliphatic carbocycles. The Balaban J connectivity index is 3.27. The van der Waals surface area contributed by atoms with Gasteiger partial charge in [-0.15, -0.1) is 0 Å². The first-order valence-electron chi connectivity index (χ1n) is 3.26. The maximum atomic E-state index is 12.1. The van der Waals surface area contributed by atoms with Crippen LogP contribution in [0.4, 0.5) is 14.5 Å². The van der Waals surface area contributed by atoms with Gasteiger partial charge >= 0.3 is 0 Å². The van der Waals surface area contributed by atoms with Crippen molar-refractivity contribution in [2.45, 2.75) is 13.3 Å². The first-order chi connectivity index (χ1) is 5.54. The molecule has 0 bridgehead atoms. The predicted molar refractivity (Wildman–Crippen MR) is 40.0 cm³/mol. The maximum absolute atomic E-state index is 12.1. The molecular formula is C7H8F2N2O.